The van der Waals surface area contributed by atoms with E-state index >= 15 is 0 Å². The first kappa shape index (κ1) is 15.6. The van der Waals surface area contributed by atoms with Gasteiger partial charge in [0.2, 0.25) is 10.0 Å². The second-order valence-corrected chi connectivity index (χ2v) is 5.71. The molecule has 0 aromatic carbocycles. The second-order valence-electron chi connectivity index (χ2n) is 3.99. The molecule has 8 nitrogen and oxygen atoms in total. The maximum atomic E-state index is 11.9. The predicted octanol–water partition coefficient (Wildman–Crippen LogP) is -0.593. The maximum absolute atomic E-state index is 11.9. The van der Waals surface area contributed by atoms with Gasteiger partial charge in [0.1, 0.15) is 4.90 Å². The number of carbonyl (C=O) groups is 1. The van der Waals surface area contributed by atoms with E-state index in [-0.39, 0.29) is 24.5 Å². The number of hydrogen-bond acceptors (Lipinski definition) is 5. The number of sulfonamides is 1. The average Bonchev–Trinajstić information content (AvgIpc) is 2.83. The molecule has 0 fully saturated rings. The van der Waals surface area contributed by atoms with Crippen LogP contribution in [-0.2, 0) is 21.4 Å². The van der Waals surface area contributed by atoms with Crippen molar-refractivity contribution in [3.63, 3.8) is 0 Å². The first-order valence-electron chi connectivity index (χ1n) is 5.76. The van der Waals surface area contributed by atoms with E-state index in [1.165, 1.54) is 10.9 Å². The van der Waals surface area contributed by atoms with Crippen LogP contribution < -0.4 is 4.72 Å². The number of rotatable bonds is 8. The smallest absolute Gasteiger partial charge is 0.305 e. The van der Waals surface area contributed by atoms with Crippen molar-refractivity contribution < 1.29 is 23.4 Å². The fourth-order valence-electron chi connectivity index (χ4n) is 1.35. The summed E-state index contributed by atoms with van der Waals surface area (Å²) in [7, 11) is -3.74. The molecule has 1 heterocycles. The summed E-state index contributed by atoms with van der Waals surface area (Å²) in [6.07, 6.45) is 2.73. The summed E-state index contributed by atoms with van der Waals surface area (Å²) in [5.74, 6) is -0.982. The van der Waals surface area contributed by atoms with Crippen LogP contribution in [0.5, 0.6) is 0 Å². The summed E-state index contributed by atoms with van der Waals surface area (Å²) in [5.41, 5.74) is 0. The van der Waals surface area contributed by atoms with Gasteiger partial charge in [0.15, 0.2) is 0 Å². The fraction of sp³-hybridized carbons (Fsp3) is 0.600. The van der Waals surface area contributed by atoms with E-state index in [4.69, 9.17) is 10.2 Å². The minimum atomic E-state index is -3.74. The van der Waals surface area contributed by atoms with Crippen molar-refractivity contribution in [2.45, 2.75) is 37.2 Å². The molecule has 1 aromatic heterocycles. The molecule has 3 N–H and O–H groups in total. The molecule has 0 unspecified atom stereocenters. The summed E-state index contributed by atoms with van der Waals surface area (Å²) < 4.78 is 27.4. The van der Waals surface area contributed by atoms with E-state index in [1.54, 1.807) is 6.92 Å². The van der Waals surface area contributed by atoms with E-state index in [2.05, 4.69) is 9.82 Å². The van der Waals surface area contributed by atoms with Gasteiger partial charge in [0, 0.05) is 12.2 Å². The lowest BCUT2D eigenvalue weighted by Gasteiger charge is -2.12. The highest BCUT2D eigenvalue weighted by molar-refractivity contribution is 7.89. The molecule has 1 atom stereocenters. The quantitative estimate of drug-likeness (QED) is 0.588. The van der Waals surface area contributed by atoms with Crippen molar-refractivity contribution in [2.75, 3.05) is 6.61 Å². The van der Waals surface area contributed by atoms with Gasteiger partial charge in [-0.25, -0.2) is 13.1 Å². The van der Waals surface area contributed by atoms with Crippen LogP contribution in [0.15, 0.2) is 17.3 Å². The standard InChI is InChI=1S/C10H17N3O5S/c1-2-8(7-14)12-19(17,18)9-5-11-13(6-9)4-3-10(15)16/h5-6,8,12,14H,2-4,7H2,1H3,(H,15,16)/t8-/m0/s1. The zero-order chi connectivity index (χ0) is 14.5. The Morgan fingerprint density at radius 2 is 2.26 bits per heavy atom. The van der Waals surface area contributed by atoms with Crippen molar-refractivity contribution in [1.29, 1.82) is 0 Å². The summed E-state index contributed by atoms with van der Waals surface area (Å²) in [6.45, 7) is 1.56. The normalized spacial score (nSPS) is 13.4. The van der Waals surface area contributed by atoms with Crippen LogP contribution in [0.4, 0.5) is 0 Å². The number of nitrogens with zero attached hydrogens (tertiary/aromatic N) is 2. The topological polar surface area (TPSA) is 122 Å². The number of hydrogen-bond donors (Lipinski definition) is 3. The lowest BCUT2D eigenvalue weighted by molar-refractivity contribution is -0.137. The summed E-state index contributed by atoms with van der Waals surface area (Å²) >= 11 is 0. The molecule has 0 aliphatic carbocycles. The molecule has 0 aliphatic heterocycles. The molecule has 0 saturated carbocycles. The molecule has 1 rings (SSSR count). The number of aliphatic carboxylic acids is 1. The summed E-state index contributed by atoms with van der Waals surface area (Å²) in [6, 6.07) is -0.549. The summed E-state index contributed by atoms with van der Waals surface area (Å²) in [4.78, 5) is 10.3. The highest BCUT2D eigenvalue weighted by Crippen LogP contribution is 2.09. The van der Waals surface area contributed by atoms with Crippen LogP contribution in [0, 0.1) is 0 Å². The number of aliphatic hydroxyl groups excluding tert-OH is 1. The Labute approximate surface area is 111 Å². The lowest BCUT2D eigenvalue weighted by atomic mass is 10.3. The number of aryl methyl sites for hydroxylation is 1. The third kappa shape index (κ3) is 4.62. The number of carboxylic acids is 1. The van der Waals surface area contributed by atoms with Crippen molar-refractivity contribution in [1.82, 2.24) is 14.5 Å². The van der Waals surface area contributed by atoms with Gasteiger partial charge >= 0.3 is 5.97 Å². The predicted molar refractivity (Wildman–Crippen MR) is 66.0 cm³/mol. The number of aliphatic hydroxyl groups is 1. The van der Waals surface area contributed by atoms with Crippen LogP contribution in [0.3, 0.4) is 0 Å². The Morgan fingerprint density at radius 1 is 1.58 bits per heavy atom. The Kier molecular flexibility index (Phi) is 5.45. The van der Waals surface area contributed by atoms with E-state index in [0.717, 1.165) is 6.20 Å². The minimum Gasteiger partial charge on any atom is -0.481 e. The molecular formula is C10H17N3O5S. The van der Waals surface area contributed by atoms with Gasteiger partial charge in [-0.2, -0.15) is 5.10 Å². The van der Waals surface area contributed by atoms with Crippen LogP contribution >= 0.6 is 0 Å². The molecule has 0 aliphatic rings. The minimum absolute atomic E-state index is 0.0511. The number of aromatic nitrogens is 2. The molecule has 1 aromatic rings. The molecule has 9 heteroatoms. The molecule has 0 spiro atoms. The molecule has 19 heavy (non-hydrogen) atoms. The molecule has 108 valence electrons. The summed E-state index contributed by atoms with van der Waals surface area (Å²) in [5, 5.41) is 21.3. The molecule has 0 saturated heterocycles. The lowest BCUT2D eigenvalue weighted by Crippen LogP contribution is -2.36. The van der Waals surface area contributed by atoms with Crippen molar-refractivity contribution in [3.8, 4) is 0 Å². The van der Waals surface area contributed by atoms with E-state index in [1.807, 2.05) is 0 Å². The highest BCUT2D eigenvalue weighted by Gasteiger charge is 2.20. The third-order valence-corrected chi connectivity index (χ3v) is 3.98. The van der Waals surface area contributed by atoms with Crippen molar-refractivity contribution in [3.05, 3.63) is 12.4 Å². The molecular weight excluding hydrogens is 274 g/mol. The first-order valence-corrected chi connectivity index (χ1v) is 7.24. The van der Waals surface area contributed by atoms with Crippen LogP contribution in [0.25, 0.3) is 0 Å². The Hall–Kier alpha value is -1.45. The number of carboxylic acid groups (broad SMARTS) is 1. The van der Waals surface area contributed by atoms with Gasteiger partial charge in [-0.3, -0.25) is 9.48 Å². The Balaban J connectivity index is 2.76. The average molecular weight is 291 g/mol. The van der Waals surface area contributed by atoms with Gasteiger partial charge in [0.25, 0.3) is 0 Å². The van der Waals surface area contributed by atoms with Gasteiger partial charge in [0.05, 0.1) is 25.8 Å². The van der Waals surface area contributed by atoms with Crippen molar-refractivity contribution in [2.24, 2.45) is 0 Å². The fourth-order valence-corrected chi connectivity index (χ4v) is 2.62. The monoisotopic (exact) mass is 291 g/mol. The third-order valence-electron chi connectivity index (χ3n) is 2.51. The zero-order valence-electron chi connectivity index (χ0n) is 10.5. The molecule has 0 radical (unpaired) electrons. The van der Waals surface area contributed by atoms with Gasteiger partial charge in [-0.1, -0.05) is 6.92 Å². The zero-order valence-corrected chi connectivity index (χ0v) is 11.3. The van der Waals surface area contributed by atoms with Crippen molar-refractivity contribution >= 4 is 16.0 Å². The van der Waals surface area contributed by atoms with E-state index in [0.29, 0.717) is 6.42 Å². The second kappa shape index (κ2) is 6.64. The van der Waals surface area contributed by atoms with Crippen LogP contribution in [0.1, 0.15) is 19.8 Å². The molecule has 0 amide bonds. The van der Waals surface area contributed by atoms with E-state index in [9.17, 15) is 13.2 Å². The van der Waals surface area contributed by atoms with Gasteiger partial charge in [-0.15, -0.1) is 0 Å². The largest absolute Gasteiger partial charge is 0.481 e. The van der Waals surface area contributed by atoms with Crippen LogP contribution in [0.2, 0.25) is 0 Å². The van der Waals surface area contributed by atoms with Gasteiger partial charge in [-0.05, 0) is 6.42 Å². The van der Waals surface area contributed by atoms with Gasteiger partial charge < -0.3 is 10.2 Å². The first-order chi connectivity index (χ1) is 8.89. The maximum Gasteiger partial charge on any atom is 0.305 e. The Morgan fingerprint density at radius 3 is 2.79 bits per heavy atom. The van der Waals surface area contributed by atoms with Crippen LogP contribution in [-0.4, -0.2) is 47.0 Å². The highest BCUT2D eigenvalue weighted by atomic mass is 32.2. The van der Waals surface area contributed by atoms with E-state index < -0.39 is 22.0 Å². The SMILES string of the molecule is CC[C@@H](CO)NS(=O)(=O)c1cnn(CCC(=O)O)c1. The number of nitrogens with one attached hydrogen (secondary N) is 1. The molecule has 0 bridgehead atoms. The Bertz CT molecular complexity index is 521.